The number of halogens is 1. The number of hydrogen-bond donors (Lipinski definition) is 0. The third-order valence-electron chi connectivity index (χ3n) is 2.17. The molecule has 1 atom stereocenters. The molecule has 0 aliphatic rings. The molecular weight excluding hydrogens is 195 g/mol. The average molecular weight is 210 g/mol. The second-order valence-electron chi connectivity index (χ2n) is 3.20. The van der Waals surface area contributed by atoms with Crippen molar-refractivity contribution in [1.82, 2.24) is 0 Å². The minimum absolute atomic E-state index is 0.109. The Morgan fingerprint density at radius 2 is 2.07 bits per heavy atom. The smallest absolute Gasteiger partial charge is 0.194 e. The summed E-state index contributed by atoms with van der Waals surface area (Å²) < 4.78 is 18.5. The van der Waals surface area contributed by atoms with Crippen LogP contribution >= 0.6 is 0 Å². The van der Waals surface area contributed by atoms with E-state index < -0.39 is 11.9 Å². The highest BCUT2D eigenvalue weighted by Crippen LogP contribution is 2.12. The molecule has 0 fully saturated rings. The molecule has 2 nitrogen and oxygen atoms in total. The van der Waals surface area contributed by atoms with Gasteiger partial charge in [-0.2, -0.15) is 0 Å². The van der Waals surface area contributed by atoms with Crippen LogP contribution in [-0.4, -0.2) is 18.5 Å². The van der Waals surface area contributed by atoms with Gasteiger partial charge in [-0.1, -0.05) is 19.1 Å². The van der Waals surface area contributed by atoms with Gasteiger partial charge in [-0.3, -0.25) is 4.79 Å². The number of benzene rings is 1. The maximum absolute atomic E-state index is 13.3. The Morgan fingerprint density at radius 3 is 2.60 bits per heavy atom. The molecule has 1 aromatic carbocycles. The lowest BCUT2D eigenvalue weighted by molar-refractivity contribution is 0.0440. The molecule has 0 heterocycles. The van der Waals surface area contributed by atoms with E-state index in [1.165, 1.54) is 12.1 Å². The first-order valence-electron chi connectivity index (χ1n) is 5.11. The Bertz CT molecular complexity index is 336. The minimum atomic E-state index is -0.535. The fraction of sp³-hybridized carbons (Fsp3) is 0.417. The minimum Gasteiger partial charge on any atom is -0.370 e. The third kappa shape index (κ3) is 2.86. The second-order valence-corrected chi connectivity index (χ2v) is 3.20. The van der Waals surface area contributed by atoms with E-state index in [4.69, 9.17) is 4.74 Å². The fourth-order valence-electron chi connectivity index (χ4n) is 1.41. The van der Waals surface area contributed by atoms with Crippen molar-refractivity contribution in [2.45, 2.75) is 26.4 Å². The van der Waals surface area contributed by atoms with E-state index in [0.717, 1.165) is 0 Å². The van der Waals surface area contributed by atoms with E-state index in [9.17, 15) is 9.18 Å². The zero-order valence-corrected chi connectivity index (χ0v) is 9.00. The van der Waals surface area contributed by atoms with Gasteiger partial charge < -0.3 is 4.74 Å². The molecule has 82 valence electrons. The maximum Gasteiger partial charge on any atom is 0.194 e. The van der Waals surface area contributed by atoms with E-state index in [2.05, 4.69) is 0 Å². The van der Waals surface area contributed by atoms with Gasteiger partial charge in [0.2, 0.25) is 0 Å². The van der Waals surface area contributed by atoms with Crippen LogP contribution < -0.4 is 0 Å². The maximum atomic E-state index is 13.3. The Morgan fingerprint density at radius 1 is 1.40 bits per heavy atom. The lowest BCUT2D eigenvalue weighted by atomic mass is 10.0. The SMILES string of the molecule is CCOC(CC)C(=O)c1ccccc1F. The summed E-state index contributed by atoms with van der Waals surface area (Å²) >= 11 is 0. The number of carbonyl (C=O) groups excluding carboxylic acids is 1. The predicted molar refractivity (Wildman–Crippen MR) is 56.4 cm³/mol. The summed E-state index contributed by atoms with van der Waals surface area (Å²) in [6, 6.07) is 5.98. The van der Waals surface area contributed by atoms with Gasteiger partial charge >= 0.3 is 0 Å². The first kappa shape index (κ1) is 11.9. The molecule has 0 amide bonds. The molecule has 0 aliphatic heterocycles. The van der Waals surface area contributed by atoms with Gasteiger partial charge in [-0.05, 0) is 25.5 Å². The summed E-state index contributed by atoms with van der Waals surface area (Å²) in [5, 5.41) is 0. The van der Waals surface area contributed by atoms with Crippen LogP contribution in [0.1, 0.15) is 30.6 Å². The largest absolute Gasteiger partial charge is 0.370 e. The van der Waals surface area contributed by atoms with E-state index in [-0.39, 0.29) is 11.3 Å². The Kier molecular flexibility index (Phi) is 4.43. The molecule has 0 aliphatic carbocycles. The quantitative estimate of drug-likeness (QED) is 0.698. The van der Waals surface area contributed by atoms with Gasteiger partial charge in [0.1, 0.15) is 11.9 Å². The van der Waals surface area contributed by atoms with Crippen LogP contribution in [0, 0.1) is 5.82 Å². The van der Waals surface area contributed by atoms with E-state index in [1.54, 1.807) is 12.1 Å². The first-order chi connectivity index (χ1) is 7.20. The van der Waals surface area contributed by atoms with Crippen LogP contribution in [0.2, 0.25) is 0 Å². The summed E-state index contributed by atoms with van der Waals surface area (Å²) in [6.07, 6.45) is 0.0213. The molecule has 1 unspecified atom stereocenters. The lowest BCUT2D eigenvalue weighted by Crippen LogP contribution is -2.24. The number of ether oxygens (including phenoxy) is 1. The molecule has 1 aromatic rings. The zero-order valence-electron chi connectivity index (χ0n) is 9.00. The van der Waals surface area contributed by atoms with Crippen molar-refractivity contribution >= 4 is 5.78 Å². The van der Waals surface area contributed by atoms with E-state index >= 15 is 0 Å². The van der Waals surface area contributed by atoms with Crippen LogP contribution in [0.3, 0.4) is 0 Å². The second kappa shape index (κ2) is 5.61. The van der Waals surface area contributed by atoms with E-state index in [0.29, 0.717) is 13.0 Å². The highest BCUT2D eigenvalue weighted by molar-refractivity contribution is 5.99. The Labute approximate surface area is 89.1 Å². The molecule has 0 N–H and O–H groups in total. The molecule has 15 heavy (non-hydrogen) atoms. The number of rotatable bonds is 5. The standard InChI is InChI=1S/C12H15FO2/c1-3-11(15-4-2)12(14)9-7-5-6-8-10(9)13/h5-8,11H,3-4H2,1-2H3. The van der Waals surface area contributed by atoms with Crippen LogP contribution in [-0.2, 0) is 4.74 Å². The number of Topliss-reactive ketones (excluding diaryl/α,β-unsaturated/α-hetero) is 1. The molecule has 0 aromatic heterocycles. The molecule has 0 bridgehead atoms. The zero-order chi connectivity index (χ0) is 11.3. The molecule has 3 heteroatoms. The highest BCUT2D eigenvalue weighted by atomic mass is 19.1. The first-order valence-corrected chi connectivity index (χ1v) is 5.11. The monoisotopic (exact) mass is 210 g/mol. The molecule has 1 rings (SSSR count). The fourth-order valence-corrected chi connectivity index (χ4v) is 1.41. The van der Waals surface area contributed by atoms with Crippen molar-refractivity contribution in [3.8, 4) is 0 Å². The van der Waals surface area contributed by atoms with Gasteiger partial charge in [0.05, 0.1) is 5.56 Å². The third-order valence-corrected chi connectivity index (χ3v) is 2.17. The highest BCUT2D eigenvalue weighted by Gasteiger charge is 2.20. The Hall–Kier alpha value is -1.22. The number of carbonyl (C=O) groups is 1. The van der Waals surface area contributed by atoms with Crippen LogP contribution in [0.15, 0.2) is 24.3 Å². The van der Waals surface area contributed by atoms with Crippen molar-refractivity contribution in [3.05, 3.63) is 35.6 Å². The van der Waals surface area contributed by atoms with Gasteiger partial charge in [0, 0.05) is 6.61 Å². The van der Waals surface area contributed by atoms with Gasteiger partial charge in [0.25, 0.3) is 0 Å². The van der Waals surface area contributed by atoms with Crippen LogP contribution in [0.4, 0.5) is 4.39 Å². The summed E-state index contributed by atoms with van der Waals surface area (Å²) in [4.78, 5) is 11.8. The molecule has 0 radical (unpaired) electrons. The number of hydrogen-bond acceptors (Lipinski definition) is 2. The summed E-state index contributed by atoms with van der Waals surface area (Å²) in [6.45, 7) is 4.12. The van der Waals surface area contributed by atoms with Gasteiger partial charge in [-0.15, -0.1) is 0 Å². The topological polar surface area (TPSA) is 26.3 Å². The van der Waals surface area contributed by atoms with Crippen LogP contribution in [0.5, 0.6) is 0 Å². The Balaban J connectivity index is 2.88. The van der Waals surface area contributed by atoms with Crippen molar-refractivity contribution in [2.24, 2.45) is 0 Å². The number of ketones is 1. The van der Waals surface area contributed by atoms with Crippen molar-refractivity contribution < 1.29 is 13.9 Å². The lowest BCUT2D eigenvalue weighted by Gasteiger charge is -2.13. The molecule has 0 spiro atoms. The summed E-state index contributed by atoms with van der Waals surface area (Å²) in [5.41, 5.74) is 0.109. The molecule has 0 saturated carbocycles. The van der Waals surface area contributed by atoms with Gasteiger partial charge in [-0.25, -0.2) is 4.39 Å². The van der Waals surface area contributed by atoms with E-state index in [1.807, 2.05) is 13.8 Å². The van der Waals surface area contributed by atoms with Gasteiger partial charge in [0.15, 0.2) is 5.78 Å². The average Bonchev–Trinajstić information content (AvgIpc) is 2.25. The predicted octanol–water partition coefficient (Wildman–Crippen LogP) is 2.82. The molecule has 0 saturated heterocycles. The van der Waals surface area contributed by atoms with Crippen molar-refractivity contribution in [2.75, 3.05) is 6.61 Å². The van der Waals surface area contributed by atoms with Crippen molar-refractivity contribution in [1.29, 1.82) is 0 Å². The summed E-state index contributed by atoms with van der Waals surface area (Å²) in [5.74, 6) is -0.766. The van der Waals surface area contributed by atoms with Crippen molar-refractivity contribution in [3.63, 3.8) is 0 Å². The molecular formula is C12H15FO2. The summed E-state index contributed by atoms with van der Waals surface area (Å²) in [7, 11) is 0. The normalized spacial score (nSPS) is 12.5. The van der Waals surface area contributed by atoms with Crippen LogP contribution in [0.25, 0.3) is 0 Å².